The van der Waals surface area contributed by atoms with Crippen LogP contribution in [0.4, 0.5) is 5.82 Å². The van der Waals surface area contributed by atoms with Gasteiger partial charge in [0.15, 0.2) is 0 Å². The molecule has 114 valence electrons. The van der Waals surface area contributed by atoms with Crippen LogP contribution in [-0.4, -0.2) is 49.7 Å². The van der Waals surface area contributed by atoms with Crippen molar-refractivity contribution in [3.8, 4) is 0 Å². The monoisotopic (exact) mass is 296 g/mol. The number of piperidine rings is 1. The second-order valence-corrected chi connectivity index (χ2v) is 5.08. The van der Waals surface area contributed by atoms with Crippen LogP contribution in [0.5, 0.6) is 0 Å². The van der Waals surface area contributed by atoms with Crippen molar-refractivity contribution in [2.24, 2.45) is 5.92 Å². The Balaban J connectivity index is 1.95. The van der Waals surface area contributed by atoms with Crippen LogP contribution < -0.4 is 0 Å². The van der Waals surface area contributed by atoms with Gasteiger partial charge in [0.2, 0.25) is 5.91 Å². The molecule has 21 heavy (non-hydrogen) atoms. The molecule has 0 unspecified atom stereocenters. The van der Waals surface area contributed by atoms with Crippen LogP contribution in [0.2, 0.25) is 0 Å². The van der Waals surface area contributed by atoms with Crippen molar-refractivity contribution in [3.05, 3.63) is 21.9 Å². The zero-order valence-electron chi connectivity index (χ0n) is 11.6. The van der Waals surface area contributed by atoms with Gasteiger partial charge in [0.1, 0.15) is 6.54 Å². The van der Waals surface area contributed by atoms with E-state index in [1.54, 1.807) is 11.8 Å². The number of carbonyl (C=O) groups excluding carboxylic acids is 1. The molecule has 2 heterocycles. The molecular formula is C12H16N4O5. The summed E-state index contributed by atoms with van der Waals surface area (Å²) < 4.78 is 1.25. The number of rotatable bonds is 4. The minimum absolute atomic E-state index is 0.0770. The quantitative estimate of drug-likeness (QED) is 0.635. The van der Waals surface area contributed by atoms with Gasteiger partial charge in [0.25, 0.3) is 0 Å². The molecule has 1 amide bonds. The van der Waals surface area contributed by atoms with Gasteiger partial charge in [-0.3, -0.25) is 9.59 Å². The summed E-state index contributed by atoms with van der Waals surface area (Å²) in [6.45, 7) is 2.26. The first kappa shape index (κ1) is 14.9. The molecule has 2 rings (SSSR count). The average Bonchev–Trinajstić information content (AvgIpc) is 2.79. The van der Waals surface area contributed by atoms with E-state index >= 15 is 0 Å². The molecule has 9 heteroatoms. The van der Waals surface area contributed by atoms with E-state index in [0.29, 0.717) is 31.5 Å². The highest BCUT2D eigenvalue weighted by atomic mass is 16.6. The lowest BCUT2D eigenvalue weighted by molar-refractivity contribution is -0.390. The maximum Gasteiger partial charge on any atom is 0.392 e. The van der Waals surface area contributed by atoms with Gasteiger partial charge < -0.3 is 20.1 Å². The summed E-state index contributed by atoms with van der Waals surface area (Å²) in [5, 5.41) is 23.4. The zero-order valence-corrected chi connectivity index (χ0v) is 11.6. The third-order valence-corrected chi connectivity index (χ3v) is 3.59. The molecule has 0 saturated carbocycles. The minimum Gasteiger partial charge on any atom is -0.481 e. The van der Waals surface area contributed by atoms with Gasteiger partial charge in [-0.1, -0.05) is 0 Å². The maximum atomic E-state index is 12.1. The van der Waals surface area contributed by atoms with Gasteiger partial charge in [-0.25, -0.2) is 0 Å². The molecule has 1 aliphatic heterocycles. The number of carboxylic acid groups (broad SMARTS) is 1. The lowest BCUT2D eigenvalue weighted by Gasteiger charge is -2.29. The number of hydrogen-bond donors (Lipinski definition) is 1. The number of nitrogens with zero attached hydrogens (tertiary/aromatic N) is 4. The smallest absolute Gasteiger partial charge is 0.392 e. The van der Waals surface area contributed by atoms with Gasteiger partial charge in [0, 0.05) is 13.1 Å². The number of likely N-dealkylation sites (tertiary alicyclic amines) is 1. The first-order valence-electron chi connectivity index (χ1n) is 6.57. The number of nitro groups is 1. The Morgan fingerprint density at radius 3 is 2.57 bits per heavy atom. The lowest BCUT2D eigenvalue weighted by atomic mass is 9.97. The molecule has 0 bridgehead atoms. The summed E-state index contributed by atoms with van der Waals surface area (Å²) in [6.07, 6.45) is 2.32. The molecule has 0 aliphatic carbocycles. The topological polar surface area (TPSA) is 119 Å². The van der Waals surface area contributed by atoms with E-state index in [0.717, 1.165) is 0 Å². The number of aliphatic carboxylic acids is 1. The van der Waals surface area contributed by atoms with Crippen molar-refractivity contribution < 1.29 is 19.6 Å². The van der Waals surface area contributed by atoms with Crippen LogP contribution in [0.3, 0.4) is 0 Å². The van der Waals surface area contributed by atoms with Crippen molar-refractivity contribution in [1.82, 2.24) is 14.7 Å². The number of carboxylic acids is 1. The summed E-state index contributed by atoms with van der Waals surface area (Å²) in [7, 11) is 0. The fraction of sp³-hybridized carbons (Fsp3) is 0.583. The Hall–Kier alpha value is -2.45. The highest BCUT2D eigenvalue weighted by Crippen LogP contribution is 2.18. The molecule has 9 nitrogen and oxygen atoms in total. The second-order valence-electron chi connectivity index (χ2n) is 5.08. The predicted octanol–water partition coefficient (Wildman–Crippen LogP) is 0.423. The predicted molar refractivity (Wildman–Crippen MR) is 70.6 cm³/mol. The fourth-order valence-corrected chi connectivity index (χ4v) is 2.39. The molecule has 0 spiro atoms. The molecule has 1 aromatic rings. The van der Waals surface area contributed by atoms with E-state index in [4.69, 9.17) is 5.11 Å². The molecular weight excluding hydrogens is 280 g/mol. The van der Waals surface area contributed by atoms with E-state index in [9.17, 15) is 19.7 Å². The fourth-order valence-electron chi connectivity index (χ4n) is 2.39. The number of amides is 1. The Kier molecular flexibility index (Phi) is 4.20. The van der Waals surface area contributed by atoms with Crippen LogP contribution in [0.1, 0.15) is 18.4 Å². The number of carbonyl (C=O) groups is 2. The van der Waals surface area contributed by atoms with Crippen molar-refractivity contribution in [2.45, 2.75) is 26.3 Å². The second kappa shape index (κ2) is 5.90. The first-order chi connectivity index (χ1) is 9.88. The van der Waals surface area contributed by atoms with E-state index < -0.39 is 16.8 Å². The number of aryl methyl sites for hydroxylation is 1. The SMILES string of the molecule is Cc1cn(CC(=O)N2CCC(C(=O)O)CC2)nc1[N+](=O)[O-]. The molecule has 1 N–H and O–H groups in total. The van der Waals surface area contributed by atoms with Crippen LogP contribution >= 0.6 is 0 Å². The zero-order chi connectivity index (χ0) is 15.6. The molecule has 1 saturated heterocycles. The van der Waals surface area contributed by atoms with E-state index in [2.05, 4.69) is 5.10 Å². The van der Waals surface area contributed by atoms with Crippen LogP contribution in [-0.2, 0) is 16.1 Å². The van der Waals surface area contributed by atoms with Crippen molar-refractivity contribution in [3.63, 3.8) is 0 Å². The highest BCUT2D eigenvalue weighted by Gasteiger charge is 2.28. The summed E-state index contributed by atoms with van der Waals surface area (Å²) in [6, 6.07) is 0. The van der Waals surface area contributed by atoms with E-state index in [1.165, 1.54) is 10.9 Å². The molecule has 0 aromatic carbocycles. The van der Waals surface area contributed by atoms with Gasteiger partial charge in [-0.2, -0.15) is 4.68 Å². The standard InChI is InChI=1S/C12H16N4O5/c1-8-6-15(13-11(8)16(20)21)7-10(17)14-4-2-9(3-5-14)12(18)19/h6,9H,2-5,7H2,1H3,(H,18,19). The van der Waals surface area contributed by atoms with Gasteiger partial charge in [-0.15, -0.1) is 0 Å². The third kappa shape index (κ3) is 3.36. The van der Waals surface area contributed by atoms with Crippen LogP contribution in [0, 0.1) is 23.0 Å². The summed E-state index contributed by atoms with van der Waals surface area (Å²) >= 11 is 0. The lowest BCUT2D eigenvalue weighted by Crippen LogP contribution is -2.41. The van der Waals surface area contributed by atoms with Crippen molar-refractivity contribution in [2.75, 3.05) is 13.1 Å². The summed E-state index contributed by atoms with van der Waals surface area (Å²) in [5.41, 5.74) is 0.400. The number of hydrogen-bond acceptors (Lipinski definition) is 5. The van der Waals surface area contributed by atoms with Gasteiger partial charge >= 0.3 is 11.8 Å². The van der Waals surface area contributed by atoms with Crippen molar-refractivity contribution in [1.29, 1.82) is 0 Å². The van der Waals surface area contributed by atoms with Crippen LogP contribution in [0.25, 0.3) is 0 Å². The maximum absolute atomic E-state index is 12.1. The number of aromatic nitrogens is 2. The van der Waals surface area contributed by atoms with E-state index in [-0.39, 0.29) is 18.3 Å². The third-order valence-electron chi connectivity index (χ3n) is 3.59. The minimum atomic E-state index is -0.833. The van der Waals surface area contributed by atoms with Crippen LogP contribution in [0.15, 0.2) is 6.20 Å². The highest BCUT2D eigenvalue weighted by molar-refractivity contribution is 5.76. The molecule has 0 atom stereocenters. The Morgan fingerprint density at radius 2 is 2.10 bits per heavy atom. The molecule has 1 fully saturated rings. The first-order valence-corrected chi connectivity index (χ1v) is 6.57. The Morgan fingerprint density at radius 1 is 1.48 bits per heavy atom. The van der Waals surface area contributed by atoms with Gasteiger partial charge in [-0.05, 0) is 24.7 Å². The Bertz CT molecular complexity index is 574. The Labute approximate surface area is 120 Å². The summed E-state index contributed by atoms with van der Waals surface area (Å²) in [5.74, 6) is -1.70. The summed E-state index contributed by atoms with van der Waals surface area (Å²) in [4.78, 5) is 34.6. The molecule has 1 aliphatic rings. The van der Waals surface area contributed by atoms with E-state index in [1.807, 2.05) is 0 Å². The molecule has 1 aromatic heterocycles. The van der Waals surface area contributed by atoms with Crippen molar-refractivity contribution >= 4 is 17.7 Å². The molecule has 0 radical (unpaired) electrons. The largest absolute Gasteiger partial charge is 0.481 e. The average molecular weight is 296 g/mol. The van der Waals surface area contributed by atoms with Gasteiger partial charge in [0.05, 0.1) is 22.8 Å². The normalized spacial score (nSPS) is 16.0.